The molecule has 0 aliphatic carbocycles. The third-order valence-electron chi connectivity index (χ3n) is 4.40. The molecule has 140 valence electrons. The van der Waals surface area contributed by atoms with Crippen molar-refractivity contribution in [1.82, 2.24) is 4.41 Å². The van der Waals surface area contributed by atoms with Gasteiger partial charge in [-0.2, -0.15) is 17.9 Å². The lowest BCUT2D eigenvalue weighted by atomic mass is 10.0. The number of benzene rings is 3. The highest BCUT2D eigenvalue weighted by Crippen LogP contribution is 2.29. The van der Waals surface area contributed by atoms with Crippen molar-refractivity contribution in [2.75, 3.05) is 6.54 Å². The number of hydrogen-bond acceptors (Lipinski definition) is 4. The van der Waals surface area contributed by atoms with Crippen LogP contribution in [0.3, 0.4) is 0 Å². The van der Waals surface area contributed by atoms with Gasteiger partial charge in [0.1, 0.15) is 12.3 Å². The first-order valence-corrected chi connectivity index (χ1v) is 10.7. The summed E-state index contributed by atoms with van der Waals surface area (Å²) in [5.74, 6) is -0.327. The van der Waals surface area contributed by atoms with Crippen LogP contribution in [-0.2, 0) is 10.0 Å². The van der Waals surface area contributed by atoms with Gasteiger partial charge in [0.05, 0.1) is 4.90 Å². The number of halogens is 1. The highest BCUT2D eigenvalue weighted by atomic mass is 79.9. The number of rotatable bonds is 4. The maximum absolute atomic E-state index is 13.1. The van der Waals surface area contributed by atoms with E-state index in [2.05, 4.69) is 21.0 Å². The molecule has 3 aromatic carbocycles. The van der Waals surface area contributed by atoms with E-state index in [0.717, 1.165) is 14.5 Å². The fourth-order valence-corrected chi connectivity index (χ4v) is 4.66. The Bertz CT molecular complexity index is 1170. The van der Waals surface area contributed by atoms with Gasteiger partial charge >= 0.3 is 0 Å². The molecule has 28 heavy (non-hydrogen) atoms. The second kappa shape index (κ2) is 7.33. The predicted octanol–water partition coefficient (Wildman–Crippen LogP) is 4.09. The predicted molar refractivity (Wildman–Crippen MR) is 111 cm³/mol. The molecule has 0 unspecified atom stereocenters. The fraction of sp³-hybridized carbons (Fsp3) is 0.0476. The van der Waals surface area contributed by atoms with Gasteiger partial charge in [0.25, 0.3) is 10.0 Å². The third-order valence-corrected chi connectivity index (χ3v) is 6.61. The van der Waals surface area contributed by atoms with Crippen LogP contribution in [0.1, 0.15) is 21.5 Å². The molecule has 3 aromatic rings. The molecule has 0 bridgehead atoms. The number of carbonyl (C=O) groups is 1. The van der Waals surface area contributed by atoms with E-state index in [0.29, 0.717) is 16.8 Å². The smallest absolute Gasteiger partial charge is 0.280 e. The Morgan fingerprint density at radius 2 is 1.54 bits per heavy atom. The SMILES string of the molecule is O=C(CN1N=C(c2ccccc2)c2ccccc2S1(=O)=O)c1ccc(Br)cc1. The summed E-state index contributed by atoms with van der Waals surface area (Å²) in [6.45, 7) is -0.366. The molecule has 0 N–H and O–H groups in total. The van der Waals surface area contributed by atoms with E-state index < -0.39 is 10.0 Å². The zero-order chi connectivity index (χ0) is 19.7. The molecular formula is C21H15BrN2O3S. The third kappa shape index (κ3) is 3.39. The minimum Gasteiger partial charge on any atom is -0.292 e. The van der Waals surface area contributed by atoms with E-state index >= 15 is 0 Å². The van der Waals surface area contributed by atoms with Crippen LogP contribution in [0.25, 0.3) is 0 Å². The Morgan fingerprint density at radius 3 is 2.25 bits per heavy atom. The number of Topliss-reactive ketones (excluding diaryl/α,β-unsaturated/α-hetero) is 1. The van der Waals surface area contributed by atoms with Gasteiger partial charge < -0.3 is 0 Å². The summed E-state index contributed by atoms with van der Waals surface area (Å²) in [6, 6.07) is 22.8. The number of ketones is 1. The summed E-state index contributed by atoms with van der Waals surface area (Å²) in [4.78, 5) is 12.8. The van der Waals surface area contributed by atoms with Crippen LogP contribution in [0.15, 0.2) is 93.3 Å². The Morgan fingerprint density at radius 1 is 0.893 bits per heavy atom. The molecule has 0 radical (unpaired) electrons. The Hall–Kier alpha value is -2.77. The quantitative estimate of drug-likeness (QED) is 0.557. The standard InChI is InChI=1S/C21H15BrN2O3S/c22-17-12-10-15(11-13-17)19(25)14-24-23-21(16-6-2-1-3-7-16)18-8-4-5-9-20(18)28(24,26)27/h1-13H,14H2. The highest BCUT2D eigenvalue weighted by molar-refractivity contribution is 9.10. The van der Waals surface area contributed by atoms with E-state index in [1.165, 1.54) is 0 Å². The van der Waals surface area contributed by atoms with Crippen LogP contribution in [0.4, 0.5) is 0 Å². The highest BCUT2D eigenvalue weighted by Gasteiger charge is 2.34. The van der Waals surface area contributed by atoms with Gasteiger partial charge in [-0.1, -0.05) is 76.6 Å². The molecule has 0 aromatic heterocycles. The van der Waals surface area contributed by atoms with E-state index in [-0.39, 0.29) is 17.2 Å². The number of fused-ring (bicyclic) bond motifs is 1. The Balaban J connectivity index is 1.78. The Kier molecular flexibility index (Phi) is 4.87. The zero-order valence-corrected chi connectivity index (χ0v) is 17.0. The van der Waals surface area contributed by atoms with Crippen molar-refractivity contribution in [3.05, 3.63) is 100 Å². The van der Waals surface area contributed by atoms with Crippen molar-refractivity contribution >= 4 is 37.4 Å². The van der Waals surface area contributed by atoms with Crippen molar-refractivity contribution in [3.63, 3.8) is 0 Å². The van der Waals surface area contributed by atoms with Gasteiger partial charge in [0, 0.05) is 21.2 Å². The summed E-state index contributed by atoms with van der Waals surface area (Å²) in [5, 5.41) is 4.36. The minimum atomic E-state index is -3.92. The average Bonchev–Trinajstić information content (AvgIpc) is 2.71. The van der Waals surface area contributed by atoms with Crippen LogP contribution in [0.5, 0.6) is 0 Å². The normalized spacial score (nSPS) is 14.9. The summed E-state index contributed by atoms with van der Waals surface area (Å²) < 4.78 is 27.9. The van der Waals surface area contributed by atoms with Crippen molar-refractivity contribution < 1.29 is 13.2 Å². The number of hydrogen-bond donors (Lipinski definition) is 0. The first kappa shape index (κ1) is 18.6. The molecule has 0 saturated carbocycles. The maximum Gasteiger partial charge on any atom is 0.280 e. The topological polar surface area (TPSA) is 66.8 Å². The second-order valence-corrected chi connectivity index (χ2v) is 8.95. The van der Waals surface area contributed by atoms with Gasteiger partial charge in [-0.15, -0.1) is 0 Å². The van der Waals surface area contributed by atoms with Crippen molar-refractivity contribution in [2.45, 2.75) is 4.90 Å². The first-order valence-electron chi connectivity index (χ1n) is 8.52. The lowest BCUT2D eigenvalue weighted by Crippen LogP contribution is -2.36. The molecule has 5 nitrogen and oxygen atoms in total. The molecule has 1 aliphatic rings. The maximum atomic E-state index is 13.1. The van der Waals surface area contributed by atoms with Crippen molar-refractivity contribution in [1.29, 1.82) is 0 Å². The summed E-state index contributed by atoms with van der Waals surface area (Å²) in [7, 11) is -3.92. The van der Waals surface area contributed by atoms with Crippen molar-refractivity contribution in [2.24, 2.45) is 5.10 Å². The molecule has 1 heterocycles. The average molecular weight is 455 g/mol. The molecule has 0 atom stereocenters. The van der Waals surface area contributed by atoms with Crippen LogP contribution in [-0.4, -0.2) is 30.9 Å². The number of sulfonamides is 1. The van der Waals surface area contributed by atoms with E-state index in [1.807, 2.05) is 30.3 Å². The van der Waals surface area contributed by atoms with Crippen LogP contribution < -0.4 is 0 Å². The lowest BCUT2D eigenvalue weighted by molar-refractivity contribution is 0.0967. The summed E-state index contributed by atoms with van der Waals surface area (Å²) in [6.07, 6.45) is 0. The minimum absolute atomic E-state index is 0.146. The molecule has 0 spiro atoms. The van der Waals surface area contributed by atoms with Gasteiger partial charge in [0.15, 0.2) is 5.78 Å². The first-order chi connectivity index (χ1) is 13.5. The van der Waals surface area contributed by atoms with Gasteiger partial charge in [-0.05, 0) is 18.2 Å². The summed E-state index contributed by atoms with van der Waals surface area (Å²) >= 11 is 3.32. The molecule has 0 amide bonds. The van der Waals surface area contributed by atoms with Crippen molar-refractivity contribution in [3.8, 4) is 0 Å². The van der Waals surface area contributed by atoms with Gasteiger partial charge in [-0.3, -0.25) is 4.79 Å². The van der Waals surface area contributed by atoms with Crippen LogP contribution in [0.2, 0.25) is 0 Å². The number of nitrogens with zero attached hydrogens (tertiary/aromatic N) is 2. The van der Waals surface area contributed by atoms with Gasteiger partial charge in [-0.25, -0.2) is 0 Å². The fourth-order valence-electron chi connectivity index (χ4n) is 3.00. The van der Waals surface area contributed by atoms with E-state index in [4.69, 9.17) is 0 Å². The largest absolute Gasteiger partial charge is 0.292 e. The van der Waals surface area contributed by atoms with E-state index in [9.17, 15) is 13.2 Å². The van der Waals surface area contributed by atoms with Crippen LogP contribution in [0, 0.1) is 0 Å². The van der Waals surface area contributed by atoms with Gasteiger partial charge in [0.2, 0.25) is 0 Å². The molecule has 0 saturated heterocycles. The number of carbonyl (C=O) groups excluding carboxylic acids is 1. The monoisotopic (exact) mass is 454 g/mol. The second-order valence-electron chi connectivity index (χ2n) is 6.23. The molecule has 4 rings (SSSR count). The Labute approximate surface area is 171 Å². The molecule has 0 fully saturated rings. The lowest BCUT2D eigenvalue weighted by Gasteiger charge is -2.26. The van der Waals surface area contributed by atoms with Crippen LogP contribution >= 0.6 is 15.9 Å². The van der Waals surface area contributed by atoms with E-state index in [1.54, 1.807) is 48.5 Å². The summed E-state index contributed by atoms with van der Waals surface area (Å²) in [5.41, 5.74) is 2.26. The molecular weight excluding hydrogens is 440 g/mol. The number of hydrazone groups is 1. The zero-order valence-electron chi connectivity index (χ0n) is 14.6. The molecule has 7 heteroatoms. The molecule has 1 aliphatic heterocycles.